The molecule has 2 aliphatic carbocycles. The molecule has 0 saturated carbocycles. The molecule has 296 valence electrons. The number of rotatable bonds is 6. The van der Waals surface area contributed by atoms with Crippen LogP contribution in [0.3, 0.4) is 0 Å². The first-order chi connectivity index (χ1) is 30.3. The topological polar surface area (TPSA) is 16.4 Å². The van der Waals surface area contributed by atoms with Crippen molar-refractivity contribution in [1.82, 2.24) is 0 Å². The molecule has 62 heavy (non-hydrogen) atoms. The van der Waals surface area contributed by atoms with Gasteiger partial charge in [0, 0.05) is 27.6 Å². The largest absolute Gasteiger partial charge is 0.456 e. The minimum absolute atomic E-state index is 0.0546. The van der Waals surface area contributed by atoms with Gasteiger partial charge in [0.15, 0.2) is 0 Å². The Morgan fingerprint density at radius 3 is 1.58 bits per heavy atom. The van der Waals surface area contributed by atoms with Crippen LogP contribution >= 0.6 is 0 Å². The minimum atomic E-state index is -0.114. The maximum Gasteiger partial charge on any atom is 0.137 e. The zero-order valence-electron chi connectivity index (χ0n) is 35.4. The Morgan fingerprint density at radius 1 is 0.355 bits per heavy atom. The molecule has 0 saturated heterocycles. The fourth-order valence-electron chi connectivity index (χ4n) is 10.9. The van der Waals surface area contributed by atoms with E-state index >= 15 is 0 Å². The van der Waals surface area contributed by atoms with Crippen LogP contribution < -0.4 is 4.90 Å². The van der Waals surface area contributed by atoms with Crippen molar-refractivity contribution in [1.29, 1.82) is 0 Å². The number of hydrogen-bond acceptors (Lipinski definition) is 2. The van der Waals surface area contributed by atoms with Gasteiger partial charge in [0.2, 0.25) is 0 Å². The standard InChI is InChI=1S/C60H45NO/c1-59(2)51-22-10-7-17-45(51)47-36-31-40(37-53(47)59)38-27-32-41(33-28-38)61(54-24-14-26-56-57(54)50-19-9-12-25-55(50)62-56)42-34-29-39(30-35-42)43-15-5-6-16-44(43)48-20-13-21-49-46-18-8-11-23-52(46)60(3,4)58(48)49/h5-37H,1-4H3. The normalized spacial score (nSPS) is 14.1. The highest BCUT2D eigenvalue weighted by atomic mass is 16.3. The summed E-state index contributed by atoms with van der Waals surface area (Å²) in [4.78, 5) is 2.38. The van der Waals surface area contributed by atoms with E-state index in [-0.39, 0.29) is 10.8 Å². The maximum atomic E-state index is 6.44. The first-order valence-corrected chi connectivity index (χ1v) is 21.8. The summed E-state index contributed by atoms with van der Waals surface area (Å²) in [5, 5.41) is 2.20. The number of benzene rings is 9. The highest BCUT2D eigenvalue weighted by molar-refractivity contribution is 6.13. The Bertz CT molecular complexity index is 3400. The Morgan fingerprint density at radius 2 is 0.855 bits per heavy atom. The van der Waals surface area contributed by atoms with Crippen molar-refractivity contribution >= 4 is 39.0 Å². The predicted molar refractivity (Wildman–Crippen MR) is 260 cm³/mol. The van der Waals surface area contributed by atoms with Crippen molar-refractivity contribution in [3.8, 4) is 55.6 Å². The van der Waals surface area contributed by atoms with Gasteiger partial charge in [-0.3, -0.25) is 0 Å². The Kier molecular flexibility index (Phi) is 7.96. The zero-order valence-corrected chi connectivity index (χ0v) is 35.4. The van der Waals surface area contributed by atoms with Gasteiger partial charge in [-0.05, 0) is 126 Å². The monoisotopic (exact) mass is 795 g/mol. The van der Waals surface area contributed by atoms with Crippen LogP contribution in [0.1, 0.15) is 49.9 Å². The van der Waals surface area contributed by atoms with Crippen LogP contribution in [0.25, 0.3) is 77.6 Å². The molecule has 2 nitrogen and oxygen atoms in total. The summed E-state index contributed by atoms with van der Waals surface area (Å²) in [6.45, 7) is 9.43. The van der Waals surface area contributed by atoms with Crippen LogP contribution in [0.15, 0.2) is 205 Å². The molecule has 1 heterocycles. The van der Waals surface area contributed by atoms with Crippen LogP contribution in [0, 0.1) is 0 Å². The second kappa shape index (κ2) is 13.5. The fourth-order valence-corrected chi connectivity index (χ4v) is 10.9. The Labute approximate surface area is 363 Å². The smallest absolute Gasteiger partial charge is 0.137 e. The quantitative estimate of drug-likeness (QED) is 0.167. The molecule has 0 amide bonds. The minimum Gasteiger partial charge on any atom is -0.456 e. The van der Waals surface area contributed by atoms with Crippen LogP contribution in [-0.2, 0) is 10.8 Å². The fraction of sp³-hybridized carbons (Fsp3) is 0.100. The first-order valence-electron chi connectivity index (χ1n) is 21.8. The van der Waals surface area contributed by atoms with Crippen LogP contribution in [0.5, 0.6) is 0 Å². The van der Waals surface area contributed by atoms with E-state index in [1.54, 1.807) is 0 Å². The molecule has 0 aliphatic heterocycles. The third kappa shape index (κ3) is 5.36. The van der Waals surface area contributed by atoms with Gasteiger partial charge in [-0.25, -0.2) is 0 Å². The molecule has 0 N–H and O–H groups in total. The molecule has 9 aromatic carbocycles. The summed E-state index contributed by atoms with van der Waals surface area (Å²) >= 11 is 0. The lowest BCUT2D eigenvalue weighted by atomic mass is 9.78. The van der Waals surface area contributed by atoms with Gasteiger partial charge in [0.05, 0.1) is 11.1 Å². The number of anilines is 3. The molecule has 12 rings (SSSR count). The third-order valence-electron chi connectivity index (χ3n) is 13.9. The number of fused-ring (bicyclic) bond motifs is 9. The first kappa shape index (κ1) is 36.4. The zero-order chi connectivity index (χ0) is 41.7. The molecule has 0 spiro atoms. The van der Waals surface area contributed by atoms with E-state index in [4.69, 9.17) is 4.42 Å². The van der Waals surface area contributed by atoms with Crippen molar-refractivity contribution in [2.24, 2.45) is 0 Å². The summed E-state index contributed by atoms with van der Waals surface area (Å²) in [5.74, 6) is 0. The lowest BCUT2D eigenvalue weighted by Crippen LogP contribution is -2.16. The second-order valence-corrected chi connectivity index (χ2v) is 18.1. The number of para-hydroxylation sites is 1. The van der Waals surface area contributed by atoms with Crippen molar-refractivity contribution in [3.63, 3.8) is 0 Å². The average Bonchev–Trinajstić information content (AvgIpc) is 3.90. The van der Waals surface area contributed by atoms with Crippen LogP contribution in [0.4, 0.5) is 17.1 Å². The van der Waals surface area contributed by atoms with Crippen molar-refractivity contribution in [2.45, 2.75) is 38.5 Å². The summed E-state index contributed by atoms with van der Waals surface area (Å²) in [6.07, 6.45) is 0. The molecule has 2 heteroatoms. The van der Waals surface area contributed by atoms with E-state index < -0.39 is 0 Å². The molecule has 0 atom stereocenters. The summed E-state index contributed by atoms with van der Waals surface area (Å²) in [6, 6.07) is 73.4. The number of furan rings is 1. The SMILES string of the molecule is CC1(C)c2ccccc2-c2ccc(-c3ccc(N(c4ccc(-c5ccccc5-c5cccc6c5C(C)(C)c5ccccc5-6)cc4)c4cccc5oc6ccccc6c45)cc3)cc21. The summed E-state index contributed by atoms with van der Waals surface area (Å²) in [5.41, 5.74) is 23.1. The van der Waals surface area contributed by atoms with Gasteiger partial charge in [-0.2, -0.15) is 0 Å². The molecular weight excluding hydrogens is 751 g/mol. The van der Waals surface area contributed by atoms with Crippen molar-refractivity contribution in [3.05, 3.63) is 222 Å². The van der Waals surface area contributed by atoms with Gasteiger partial charge < -0.3 is 9.32 Å². The van der Waals surface area contributed by atoms with Crippen molar-refractivity contribution in [2.75, 3.05) is 4.90 Å². The lowest BCUT2D eigenvalue weighted by Gasteiger charge is -2.27. The Hall–Kier alpha value is -7.42. The van der Waals surface area contributed by atoms with E-state index in [1.165, 1.54) is 77.9 Å². The van der Waals surface area contributed by atoms with E-state index in [9.17, 15) is 0 Å². The molecule has 1 aromatic heterocycles. The van der Waals surface area contributed by atoms with Crippen molar-refractivity contribution < 1.29 is 4.42 Å². The lowest BCUT2D eigenvalue weighted by molar-refractivity contribution is 0.660. The average molecular weight is 796 g/mol. The second-order valence-electron chi connectivity index (χ2n) is 18.1. The summed E-state index contributed by atoms with van der Waals surface area (Å²) in [7, 11) is 0. The maximum absolute atomic E-state index is 6.44. The predicted octanol–water partition coefficient (Wildman–Crippen LogP) is 16.7. The van der Waals surface area contributed by atoms with E-state index in [2.05, 4.69) is 227 Å². The number of hydrogen-bond donors (Lipinski definition) is 0. The molecule has 2 aliphatic rings. The van der Waals surface area contributed by atoms with Gasteiger partial charge in [-0.1, -0.05) is 179 Å². The van der Waals surface area contributed by atoms with Gasteiger partial charge in [-0.15, -0.1) is 0 Å². The van der Waals surface area contributed by atoms with Gasteiger partial charge in [0.25, 0.3) is 0 Å². The molecule has 0 unspecified atom stereocenters. The molecule has 10 aromatic rings. The molecule has 0 fully saturated rings. The van der Waals surface area contributed by atoms with Gasteiger partial charge in [0.1, 0.15) is 11.2 Å². The highest BCUT2D eigenvalue weighted by Gasteiger charge is 2.38. The Balaban J connectivity index is 0.963. The number of nitrogens with zero attached hydrogens (tertiary/aromatic N) is 1. The molecule has 0 radical (unpaired) electrons. The van der Waals surface area contributed by atoms with Crippen LogP contribution in [0.2, 0.25) is 0 Å². The third-order valence-corrected chi connectivity index (χ3v) is 13.9. The van der Waals surface area contributed by atoms with E-state index in [0.29, 0.717) is 0 Å². The molecule has 0 bridgehead atoms. The highest BCUT2D eigenvalue weighted by Crippen LogP contribution is 2.54. The molecular formula is C60H45NO. The van der Waals surface area contributed by atoms with E-state index in [1.807, 2.05) is 6.07 Å². The van der Waals surface area contributed by atoms with E-state index in [0.717, 1.165) is 39.0 Å². The van der Waals surface area contributed by atoms with Gasteiger partial charge >= 0.3 is 0 Å². The summed E-state index contributed by atoms with van der Waals surface area (Å²) < 4.78 is 6.44. The van der Waals surface area contributed by atoms with Crippen LogP contribution in [-0.4, -0.2) is 0 Å².